The second-order valence-electron chi connectivity index (χ2n) is 5.15. The lowest BCUT2D eigenvalue weighted by Crippen LogP contribution is -2.35. The zero-order valence-electron chi connectivity index (χ0n) is 13.1. The molecular formula is C17H19ClN2O3. The van der Waals surface area contributed by atoms with Crippen molar-refractivity contribution in [1.29, 1.82) is 0 Å². The van der Waals surface area contributed by atoms with Crippen LogP contribution in [0.4, 0.5) is 0 Å². The van der Waals surface area contributed by atoms with Crippen LogP contribution in [-0.4, -0.2) is 23.1 Å². The minimum Gasteiger partial charge on any atom is -0.487 e. The molecule has 1 amide bonds. The highest BCUT2D eigenvalue weighted by Gasteiger charge is 2.13. The molecule has 0 spiro atoms. The van der Waals surface area contributed by atoms with Crippen molar-refractivity contribution in [3.63, 3.8) is 0 Å². The number of carbonyl (C=O) groups excluding carboxylic acids is 1. The largest absolute Gasteiger partial charge is 0.487 e. The smallest absolute Gasteiger partial charge is 0.251 e. The number of aryl methyl sites for hydroxylation is 1. The van der Waals surface area contributed by atoms with Crippen molar-refractivity contribution in [1.82, 2.24) is 9.88 Å². The quantitative estimate of drug-likeness (QED) is 0.883. The van der Waals surface area contributed by atoms with E-state index < -0.39 is 0 Å². The average molecular weight is 335 g/mol. The van der Waals surface area contributed by atoms with Crippen molar-refractivity contribution in [2.45, 2.75) is 19.4 Å². The number of halogens is 1. The highest BCUT2D eigenvalue weighted by molar-refractivity contribution is 6.32. The number of amides is 1. The molecule has 0 aliphatic carbocycles. The van der Waals surface area contributed by atoms with Crippen LogP contribution in [0.1, 0.15) is 23.7 Å². The molecule has 0 unspecified atom stereocenters. The first-order valence-corrected chi connectivity index (χ1v) is 7.75. The Morgan fingerprint density at radius 2 is 2.09 bits per heavy atom. The Labute approximate surface area is 139 Å². The Balaban J connectivity index is 1.97. The molecule has 0 aliphatic rings. The molecule has 1 atom stereocenters. The summed E-state index contributed by atoms with van der Waals surface area (Å²) in [6.07, 6.45) is 2.07. The van der Waals surface area contributed by atoms with E-state index in [9.17, 15) is 9.59 Å². The second kappa shape index (κ2) is 7.83. The van der Waals surface area contributed by atoms with Crippen molar-refractivity contribution in [3.8, 4) is 5.75 Å². The molecule has 0 fully saturated rings. The fraction of sp³-hybridized carbons (Fsp3) is 0.294. The third-order valence-electron chi connectivity index (χ3n) is 3.44. The fourth-order valence-electron chi connectivity index (χ4n) is 1.99. The SMILES string of the molecule is CC[C@@H](CNC(=O)c1ccn(C)c(=O)c1)Oc1ccccc1Cl. The Morgan fingerprint density at radius 1 is 1.35 bits per heavy atom. The number of para-hydroxylation sites is 1. The van der Waals surface area contributed by atoms with Gasteiger partial charge in [-0.05, 0) is 24.6 Å². The Kier molecular flexibility index (Phi) is 5.82. The normalized spacial score (nSPS) is 11.8. The average Bonchev–Trinajstić information content (AvgIpc) is 2.55. The second-order valence-corrected chi connectivity index (χ2v) is 5.56. The highest BCUT2D eigenvalue weighted by Crippen LogP contribution is 2.24. The summed E-state index contributed by atoms with van der Waals surface area (Å²) in [6, 6.07) is 10.1. The first-order chi connectivity index (χ1) is 11.0. The van der Waals surface area contributed by atoms with Gasteiger partial charge in [0.25, 0.3) is 11.5 Å². The third kappa shape index (κ3) is 4.60. The van der Waals surface area contributed by atoms with Gasteiger partial charge < -0.3 is 14.6 Å². The van der Waals surface area contributed by atoms with Crippen LogP contribution in [0, 0.1) is 0 Å². The van der Waals surface area contributed by atoms with Crippen LogP contribution in [0.15, 0.2) is 47.4 Å². The number of nitrogens with one attached hydrogen (secondary N) is 1. The molecule has 1 heterocycles. The van der Waals surface area contributed by atoms with E-state index in [-0.39, 0.29) is 17.6 Å². The fourth-order valence-corrected chi connectivity index (χ4v) is 2.17. The van der Waals surface area contributed by atoms with Gasteiger partial charge in [-0.1, -0.05) is 30.7 Å². The summed E-state index contributed by atoms with van der Waals surface area (Å²) in [7, 11) is 1.63. The van der Waals surface area contributed by atoms with Crippen LogP contribution in [0.3, 0.4) is 0 Å². The van der Waals surface area contributed by atoms with Gasteiger partial charge in [0.1, 0.15) is 11.9 Å². The molecule has 0 aliphatic heterocycles. The summed E-state index contributed by atoms with van der Waals surface area (Å²) in [5.41, 5.74) is 0.109. The summed E-state index contributed by atoms with van der Waals surface area (Å²) >= 11 is 6.07. The molecule has 23 heavy (non-hydrogen) atoms. The van der Waals surface area contributed by atoms with E-state index in [0.717, 1.165) is 0 Å². The summed E-state index contributed by atoms with van der Waals surface area (Å²) in [4.78, 5) is 23.7. The molecule has 0 saturated carbocycles. The maximum absolute atomic E-state index is 12.1. The number of rotatable bonds is 6. The van der Waals surface area contributed by atoms with Crippen LogP contribution in [0.25, 0.3) is 0 Å². The first-order valence-electron chi connectivity index (χ1n) is 7.37. The van der Waals surface area contributed by atoms with E-state index >= 15 is 0 Å². The van der Waals surface area contributed by atoms with Gasteiger partial charge in [0.15, 0.2) is 0 Å². The summed E-state index contributed by atoms with van der Waals surface area (Å²) in [6.45, 7) is 2.29. The van der Waals surface area contributed by atoms with Gasteiger partial charge in [0, 0.05) is 24.9 Å². The summed E-state index contributed by atoms with van der Waals surface area (Å²) in [5.74, 6) is 0.285. The molecule has 1 N–H and O–H groups in total. The van der Waals surface area contributed by atoms with E-state index in [4.69, 9.17) is 16.3 Å². The maximum Gasteiger partial charge on any atom is 0.251 e. The molecule has 2 rings (SSSR count). The molecule has 2 aromatic rings. The van der Waals surface area contributed by atoms with E-state index in [2.05, 4.69) is 5.32 Å². The predicted molar refractivity (Wildman–Crippen MR) is 90.2 cm³/mol. The number of nitrogens with zero attached hydrogens (tertiary/aromatic N) is 1. The Hall–Kier alpha value is -2.27. The minimum absolute atomic E-state index is 0.203. The van der Waals surface area contributed by atoms with E-state index in [1.165, 1.54) is 10.6 Å². The Bertz CT molecular complexity index is 743. The van der Waals surface area contributed by atoms with Gasteiger partial charge in [-0.25, -0.2) is 0 Å². The lowest BCUT2D eigenvalue weighted by atomic mass is 10.2. The molecule has 5 nitrogen and oxygen atoms in total. The first kappa shape index (κ1) is 17.1. The van der Waals surface area contributed by atoms with Gasteiger partial charge in [0.05, 0.1) is 11.6 Å². The standard InChI is InChI=1S/C17H19ClN2O3/c1-3-13(23-15-7-5-4-6-14(15)18)11-19-17(22)12-8-9-20(2)16(21)10-12/h4-10,13H,3,11H2,1-2H3,(H,19,22)/t13-/m0/s1. The molecule has 0 bridgehead atoms. The van der Waals surface area contributed by atoms with Crippen LogP contribution < -0.4 is 15.6 Å². The molecule has 0 radical (unpaired) electrons. The van der Waals surface area contributed by atoms with Crippen LogP contribution >= 0.6 is 11.6 Å². The molecule has 1 aromatic heterocycles. The van der Waals surface area contributed by atoms with Gasteiger partial charge >= 0.3 is 0 Å². The van der Waals surface area contributed by atoms with Gasteiger partial charge in [-0.15, -0.1) is 0 Å². The number of pyridine rings is 1. The van der Waals surface area contributed by atoms with Crippen molar-refractivity contribution in [2.24, 2.45) is 7.05 Å². The van der Waals surface area contributed by atoms with Crippen LogP contribution in [0.5, 0.6) is 5.75 Å². The number of carbonyl (C=O) groups is 1. The lowest BCUT2D eigenvalue weighted by molar-refractivity contribution is 0.0926. The van der Waals surface area contributed by atoms with Gasteiger partial charge in [-0.3, -0.25) is 9.59 Å². The van der Waals surface area contributed by atoms with Gasteiger partial charge in [0.2, 0.25) is 0 Å². The number of hydrogen-bond donors (Lipinski definition) is 1. The number of ether oxygens (including phenoxy) is 1. The van der Waals surface area contributed by atoms with Crippen molar-refractivity contribution < 1.29 is 9.53 Å². The molecular weight excluding hydrogens is 316 g/mol. The summed E-state index contributed by atoms with van der Waals surface area (Å²) in [5, 5.41) is 3.31. The van der Waals surface area contributed by atoms with E-state index in [1.807, 2.05) is 19.1 Å². The zero-order chi connectivity index (χ0) is 16.8. The maximum atomic E-state index is 12.1. The topological polar surface area (TPSA) is 60.3 Å². The number of aromatic nitrogens is 1. The summed E-state index contributed by atoms with van der Waals surface area (Å²) < 4.78 is 7.22. The predicted octanol–water partition coefficient (Wildman–Crippen LogP) is 2.63. The van der Waals surface area contributed by atoms with Crippen LogP contribution in [-0.2, 0) is 7.05 Å². The van der Waals surface area contributed by atoms with Crippen LogP contribution in [0.2, 0.25) is 5.02 Å². The minimum atomic E-state index is -0.302. The van der Waals surface area contributed by atoms with E-state index in [0.29, 0.717) is 29.3 Å². The van der Waals surface area contributed by atoms with Gasteiger partial charge in [-0.2, -0.15) is 0 Å². The van der Waals surface area contributed by atoms with Crippen molar-refractivity contribution >= 4 is 17.5 Å². The monoisotopic (exact) mass is 334 g/mol. The molecule has 122 valence electrons. The van der Waals surface area contributed by atoms with E-state index in [1.54, 1.807) is 31.4 Å². The zero-order valence-corrected chi connectivity index (χ0v) is 13.8. The third-order valence-corrected chi connectivity index (χ3v) is 3.75. The molecule has 0 saturated heterocycles. The lowest BCUT2D eigenvalue weighted by Gasteiger charge is -2.19. The molecule has 1 aromatic carbocycles. The van der Waals surface area contributed by atoms with Crippen molar-refractivity contribution in [2.75, 3.05) is 6.54 Å². The molecule has 6 heteroatoms. The van der Waals surface area contributed by atoms with Crippen molar-refractivity contribution in [3.05, 3.63) is 63.5 Å². The number of benzene rings is 1. The highest BCUT2D eigenvalue weighted by atomic mass is 35.5. The number of hydrogen-bond acceptors (Lipinski definition) is 3. The Morgan fingerprint density at radius 3 is 2.74 bits per heavy atom.